The van der Waals surface area contributed by atoms with Crippen LogP contribution in [0.1, 0.15) is 43.9 Å². The molecule has 32 heavy (non-hydrogen) atoms. The van der Waals surface area contributed by atoms with E-state index in [1.807, 2.05) is 24.8 Å². The summed E-state index contributed by atoms with van der Waals surface area (Å²) in [5.41, 5.74) is 1.85. The monoisotopic (exact) mass is 562 g/mol. The van der Waals surface area contributed by atoms with Crippen molar-refractivity contribution in [1.29, 1.82) is 0 Å². The number of hydrogen-bond acceptors (Lipinski definition) is 3. The van der Waals surface area contributed by atoms with E-state index in [4.69, 9.17) is 0 Å². The van der Waals surface area contributed by atoms with Crippen molar-refractivity contribution in [3.05, 3.63) is 65.0 Å². The number of hydrogen-bond donors (Lipinski definition) is 3. The van der Waals surface area contributed by atoms with Gasteiger partial charge < -0.3 is 20.6 Å². The van der Waals surface area contributed by atoms with E-state index in [9.17, 15) is 18.3 Å². The molecule has 1 heterocycles. The molecular weight excluding hydrogens is 532 g/mol. The van der Waals surface area contributed by atoms with Crippen molar-refractivity contribution in [2.45, 2.75) is 45.4 Å². The summed E-state index contributed by atoms with van der Waals surface area (Å²) in [4.78, 5) is 6.44. The van der Waals surface area contributed by atoms with Gasteiger partial charge in [0, 0.05) is 19.6 Å². The molecule has 1 atom stereocenters. The zero-order valence-electron chi connectivity index (χ0n) is 18.2. The standard InChI is InChI=1S/C23H29F3N4O.HI/c1-3-27-23(29-15(2)17-5-6-19(24)20(25)13-17)28-14-16-4-7-22(21(26)12-16)30-10-8-18(31)9-11-30;/h4-7,12-13,15,18,31H,3,8-11,14H2,1-2H3,(H2,27,28,29);1H. The van der Waals surface area contributed by atoms with E-state index in [1.54, 1.807) is 6.07 Å². The lowest BCUT2D eigenvalue weighted by atomic mass is 10.1. The summed E-state index contributed by atoms with van der Waals surface area (Å²) in [6.07, 6.45) is 0.970. The molecule has 1 fully saturated rings. The van der Waals surface area contributed by atoms with Crippen LogP contribution in [0.15, 0.2) is 41.4 Å². The SMILES string of the molecule is CCNC(=NCc1ccc(N2CCC(O)CC2)c(F)c1)NC(C)c1ccc(F)c(F)c1.I. The van der Waals surface area contributed by atoms with Crippen molar-refractivity contribution in [3.63, 3.8) is 0 Å². The number of benzene rings is 2. The van der Waals surface area contributed by atoms with Crippen LogP contribution in [0.2, 0.25) is 0 Å². The van der Waals surface area contributed by atoms with Crippen molar-refractivity contribution >= 4 is 35.6 Å². The first kappa shape index (κ1) is 26.2. The first-order chi connectivity index (χ1) is 14.9. The zero-order valence-corrected chi connectivity index (χ0v) is 20.6. The van der Waals surface area contributed by atoms with Gasteiger partial charge in [0.25, 0.3) is 0 Å². The van der Waals surface area contributed by atoms with Gasteiger partial charge in [-0.2, -0.15) is 0 Å². The maximum Gasteiger partial charge on any atom is 0.192 e. The quantitative estimate of drug-likeness (QED) is 0.276. The number of halogens is 4. The third-order valence-corrected chi connectivity index (χ3v) is 5.38. The third kappa shape index (κ3) is 6.99. The average Bonchev–Trinajstić information content (AvgIpc) is 2.75. The Labute approximate surface area is 204 Å². The second-order valence-electron chi connectivity index (χ2n) is 7.74. The molecule has 2 aromatic carbocycles. The van der Waals surface area contributed by atoms with Gasteiger partial charge in [-0.1, -0.05) is 12.1 Å². The number of aliphatic imine (C=N–C) groups is 1. The number of guanidine groups is 1. The maximum absolute atomic E-state index is 14.7. The van der Waals surface area contributed by atoms with Gasteiger partial charge in [0.05, 0.1) is 24.4 Å². The summed E-state index contributed by atoms with van der Waals surface area (Å²) in [7, 11) is 0. The molecule has 176 valence electrons. The first-order valence-corrected chi connectivity index (χ1v) is 10.6. The molecule has 0 spiro atoms. The Balaban J connectivity index is 0.00000363. The third-order valence-electron chi connectivity index (χ3n) is 5.38. The smallest absolute Gasteiger partial charge is 0.192 e. The van der Waals surface area contributed by atoms with Crippen molar-refractivity contribution in [1.82, 2.24) is 10.6 Å². The number of nitrogens with one attached hydrogen (secondary N) is 2. The van der Waals surface area contributed by atoms with Crippen LogP contribution in [0.25, 0.3) is 0 Å². The summed E-state index contributed by atoms with van der Waals surface area (Å²) < 4.78 is 41.3. The van der Waals surface area contributed by atoms with Crippen LogP contribution in [-0.2, 0) is 6.54 Å². The van der Waals surface area contributed by atoms with Gasteiger partial charge in [-0.25, -0.2) is 18.2 Å². The zero-order chi connectivity index (χ0) is 22.4. The van der Waals surface area contributed by atoms with Gasteiger partial charge in [-0.15, -0.1) is 24.0 Å². The molecule has 9 heteroatoms. The van der Waals surface area contributed by atoms with Crippen molar-refractivity contribution < 1.29 is 18.3 Å². The van der Waals surface area contributed by atoms with Gasteiger partial charge in [0.2, 0.25) is 0 Å². The summed E-state index contributed by atoms with van der Waals surface area (Å²) in [5.74, 6) is -1.60. The van der Waals surface area contributed by atoms with Crippen molar-refractivity contribution in [3.8, 4) is 0 Å². The van der Waals surface area contributed by atoms with Crippen LogP contribution in [0.4, 0.5) is 18.9 Å². The topological polar surface area (TPSA) is 59.9 Å². The number of nitrogens with zero attached hydrogens (tertiary/aromatic N) is 2. The van der Waals surface area contributed by atoms with Crippen LogP contribution in [0.5, 0.6) is 0 Å². The largest absolute Gasteiger partial charge is 0.393 e. The molecular formula is C23H30F3IN4O. The molecule has 3 N–H and O–H groups in total. The molecule has 2 aromatic rings. The fourth-order valence-electron chi connectivity index (χ4n) is 3.57. The van der Waals surface area contributed by atoms with E-state index < -0.39 is 11.6 Å². The van der Waals surface area contributed by atoms with E-state index in [0.29, 0.717) is 49.7 Å². The molecule has 0 aliphatic carbocycles. The molecule has 0 radical (unpaired) electrons. The first-order valence-electron chi connectivity index (χ1n) is 10.6. The number of aliphatic hydroxyl groups excluding tert-OH is 1. The maximum atomic E-state index is 14.7. The minimum absolute atomic E-state index is 0. The molecule has 0 amide bonds. The Morgan fingerprint density at radius 1 is 1.09 bits per heavy atom. The number of aliphatic hydroxyl groups is 1. The van der Waals surface area contributed by atoms with Crippen LogP contribution in [-0.4, -0.2) is 36.8 Å². The van der Waals surface area contributed by atoms with E-state index in [-0.39, 0.29) is 48.5 Å². The highest BCUT2D eigenvalue weighted by Crippen LogP contribution is 2.24. The minimum Gasteiger partial charge on any atom is -0.393 e. The fraction of sp³-hybridized carbons (Fsp3) is 0.435. The number of anilines is 1. The highest BCUT2D eigenvalue weighted by molar-refractivity contribution is 14.0. The second-order valence-corrected chi connectivity index (χ2v) is 7.74. The van der Waals surface area contributed by atoms with Crippen LogP contribution in [0, 0.1) is 17.5 Å². The Morgan fingerprint density at radius 2 is 1.81 bits per heavy atom. The molecule has 1 saturated heterocycles. The minimum atomic E-state index is -0.896. The van der Waals surface area contributed by atoms with Crippen LogP contribution >= 0.6 is 24.0 Å². The lowest BCUT2D eigenvalue weighted by Gasteiger charge is -2.31. The average molecular weight is 562 g/mol. The van der Waals surface area contributed by atoms with Crippen molar-refractivity contribution in [2.24, 2.45) is 4.99 Å². The predicted molar refractivity (Wildman–Crippen MR) is 132 cm³/mol. The lowest BCUT2D eigenvalue weighted by molar-refractivity contribution is 0.145. The Kier molecular flexibility index (Phi) is 10.1. The van der Waals surface area contributed by atoms with Gasteiger partial charge in [0.1, 0.15) is 5.82 Å². The molecule has 0 bridgehead atoms. The normalized spacial score (nSPS) is 15.8. The molecule has 1 unspecified atom stereocenters. The highest BCUT2D eigenvalue weighted by atomic mass is 127. The molecule has 0 saturated carbocycles. The van der Waals surface area contributed by atoms with E-state index in [1.165, 1.54) is 12.1 Å². The molecule has 1 aliphatic rings. The van der Waals surface area contributed by atoms with Crippen LogP contribution < -0.4 is 15.5 Å². The van der Waals surface area contributed by atoms with Gasteiger partial charge in [-0.3, -0.25) is 0 Å². The molecule has 5 nitrogen and oxygen atoms in total. The summed E-state index contributed by atoms with van der Waals surface area (Å²) in [5, 5.41) is 15.9. The lowest BCUT2D eigenvalue weighted by Crippen LogP contribution is -2.38. The highest BCUT2D eigenvalue weighted by Gasteiger charge is 2.19. The molecule has 1 aliphatic heterocycles. The van der Waals surface area contributed by atoms with Gasteiger partial charge >= 0.3 is 0 Å². The summed E-state index contributed by atoms with van der Waals surface area (Å²) >= 11 is 0. The number of rotatable bonds is 6. The summed E-state index contributed by atoms with van der Waals surface area (Å²) in [6, 6.07) is 8.54. The Bertz CT molecular complexity index is 920. The van der Waals surface area contributed by atoms with E-state index in [2.05, 4.69) is 15.6 Å². The van der Waals surface area contributed by atoms with Gasteiger partial charge in [-0.05, 0) is 62.1 Å². The molecule has 0 aromatic heterocycles. The van der Waals surface area contributed by atoms with Gasteiger partial charge in [0.15, 0.2) is 17.6 Å². The second kappa shape index (κ2) is 12.3. The Hall–Kier alpha value is -2.01. The van der Waals surface area contributed by atoms with E-state index >= 15 is 0 Å². The fourth-order valence-corrected chi connectivity index (χ4v) is 3.57. The molecule has 3 rings (SSSR count). The van der Waals surface area contributed by atoms with Crippen molar-refractivity contribution in [2.75, 3.05) is 24.5 Å². The predicted octanol–water partition coefficient (Wildman–Crippen LogP) is 4.50. The Morgan fingerprint density at radius 3 is 2.44 bits per heavy atom. The summed E-state index contributed by atoms with van der Waals surface area (Å²) in [6.45, 7) is 5.88. The number of piperidine rings is 1. The van der Waals surface area contributed by atoms with E-state index in [0.717, 1.165) is 17.7 Å². The van der Waals surface area contributed by atoms with Crippen LogP contribution in [0.3, 0.4) is 0 Å².